The number of halogens is 4. The molecule has 2 aromatic carbocycles. The first-order valence-electron chi connectivity index (χ1n) is 9.88. The quantitative estimate of drug-likeness (QED) is 0.260. The molecule has 7 nitrogen and oxygen atoms in total. The number of amides is 2. The summed E-state index contributed by atoms with van der Waals surface area (Å²) in [6.07, 6.45) is -3.31. The number of benzene rings is 2. The molecule has 0 saturated carbocycles. The monoisotopic (exact) mass is 491 g/mol. The predicted molar refractivity (Wildman–Crippen MR) is 122 cm³/mol. The number of alkyl halides is 3. The highest BCUT2D eigenvalue weighted by atomic mass is 32.1. The predicted octanol–water partition coefficient (Wildman–Crippen LogP) is 6.09. The van der Waals surface area contributed by atoms with Crippen LogP contribution >= 0.6 is 11.3 Å². The summed E-state index contributed by atoms with van der Waals surface area (Å²) in [5.74, 6) is -0.680. The number of hydrogen-bond donors (Lipinski definition) is 2. The van der Waals surface area contributed by atoms with E-state index in [9.17, 15) is 22.4 Å². The highest BCUT2D eigenvalue weighted by molar-refractivity contribution is 7.17. The molecule has 0 fully saturated rings. The first kappa shape index (κ1) is 23.4. The second-order valence-electron chi connectivity index (χ2n) is 6.97. The Morgan fingerprint density at radius 2 is 1.91 bits per heavy atom. The van der Waals surface area contributed by atoms with Gasteiger partial charge in [-0.1, -0.05) is 12.1 Å². The minimum Gasteiger partial charge on any atom is -0.383 e. The molecule has 2 aromatic heterocycles. The molecule has 2 heterocycles. The Morgan fingerprint density at radius 1 is 1.18 bits per heavy atom. The molecule has 0 aliphatic rings. The number of rotatable bonds is 5. The Hall–Kier alpha value is -3.77. The Bertz CT molecular complexity index is 1340. The largest absolute Gasteiger partial charge is 0.416 e. The van der Waals surface area contributed by atoms with Crippen LogP contribution in [0.3, 0.4) is 0 Å². The van der Waals surface area contributed by atoms with E-state index >= 15 is 0 Å². The van der Waals surface area contributed by atoms with E-state index in [0.717, 1.165) is 21.0 Å². The van der Waals surface area contributed by atoms with Gasteiger partial charge in [0.25, 0.3) is 0 Å². The second-order valence-corrected chi connectivity index (χ2v) is 7.83. The Balaban J connectivity index is 1.61. The van der Waals surface area contributed by atoms with Gasteiger partial charge in [0.15, 0.2) is 0 Å². The van der Waals surface area contributed by atoms with Crippen molar-refractivity contribution in [2.75, 3.05) is 22.7 Å². The van der Waals surface area contributed by atoms with Crippen LogP contribution in [0.25, 0.3) is 21.3 Å². The molecule has 0 unspecified atom stereocenters. The molecule has 0 bridgehead atoms. The third-order valence-electron chi connectivity index (χ3n) is 4.79. The first-order valence-corrected chi connectivity index (χ1v) is 10.8. The van der Waals surface area contributed by atoms with E-state index in [4.69, 9.17) is 10.6 Å². The van der Waals surface area contributed by atoms with E-state index in [0.29, 0.717) is 29.4 Å². The van der Waals surface area contributed by atoms with E-state index < -0.39 is 29.3 Å². The van der Waals surface area contributed by atoms with Crippen molar-refractivity contribution in [3.05, 3.63) is 65.6 Å². The summed E-state index contributed by atoms with van der Waals surface area (Å²) in [5, 5.41) is 5.57. The summed E-state index contributed by atoms with van der Waals surface area (Å²) in [7, 11) is 0. The SMILES string of the molecule is CCON(C(=O)Nc1cc(C(F)(F)F)ccc1F)c1ccc(-c2csc3ncnc(N)c23)cc1. The number of anilines is 3. The minimum atomic E-state index is -4.69. The average molecular weight is 491 g/mol. The number of urea groups is 1. The maximum atomic E-state index is 14.1. The fourth-order valence-electron chi connectivity index (χ4n) is 3.23. The van der Waals surface area contributed by atoms with Gasteiger partial charge in [-0.15, -0.1) is 11.3 Å². The number of aromatic nitrogens is 2. The van der Waals surface area contributed by atoms with Crippen LogP contribution in [0.5, 0.6) is 0 Å². The molecular formula is C22H17F4N5O2S. The molecule has 176 valence electrons. The van der Waals surface area contributed by atoms with Crippen molar-refractivity contribution >= 4 is 44.8 Å². The van der Waals surface area contributed by atoms with E-state index in [2.05, 4.69) is 15.3 Å². The maximum absolute atomic E-state index is 14.1. The van der Waals surface area contributed by atoms with Gasteiger partial charge in [-0.25, -0.2) is 19.2 Å². The van der Waals surface area contributed by atoms with Crippen LogP contribution < -0.4 is 16.1 Å². The Kier molecular flexibility index (Phi) is 6.35. The van der Waals surface area contributed by atoms with Crippen molar-refractivity contribution in [2.24, 2.45) is 0 Å². The lowest BCUT2D eigenvalue weighted by atomic mass is 10.1. The second kappa shape index (κ2) is 9.23. The lowest BCUT2D eigenvalue weighted by Crippen LogP contribution is -2.35. The third-order valence-corrected chi connectivity index (χ3v) is 5.68. The lowest BCUT2D eigenvalue weighted by molar-refractivity contribution is -0.137. The normalized spacial score (nSPS) is 11.6. The van der Waals surface area contributed by atoms with Crippen molar-refractivity contribution in [2.45, 2.75) is 13.1 Å². The Labute approximate surface area is 194 Å². The number of fused-ring (bicyclic) bond motifs is 1. The number of hydrogen-bond acceptors (Lipinski definition) is 6. The number of nitrogen functional groups attached to an aromatic ring is 1. The fraction of sp³-hybridized carbons (Fsp3) is 0.136. The molecule has 4 rings (SSSR count). The van der Waals surface area contributed by atoms with Crippen molar-refractivity contribution in [3.8, 4) is 11.1 Å². The van der Waals surface area contributed by atoms with E-state index in [-0.39, 0.29) is 12.3 Å². The van der Waals surface area contributed by atoms with Gasteiger partial charge in [-0.3, -0.25) is 4.84 Å². The molecule has 0 aliphatic carbocycles. The number of nitrogens with two attached hydrogens (primary N) is 1. The van der Waals surface area contributed by atoms with Gasteiger partial charge in [-0.05, 0) is 42.8 Å². The molecule has 0 aliphatic heterocycles. The zero-order chi connectivity index (χ0) is 24.5. The summed E-state index contributed by atoms with van der Waals surface area (Å²) in [6.45, 7) is 1.70. The van der Waals surface area contributed by atoms with Gasteiger partial charge >= 0.3 is 12.2 Å². The van der Waals surface area contributed by atoms with E-state index in [1.165, 1.54) is 17.7 Å². The minimum absolute atomic E-state index is 0.0727. The van der Waals surface area contributed by atoms with Gasteiger partial charge in [0.2, 0.25) is 0 Å². The molecule has 2 amide bonds. The lowest BCUT2D eigenvalue weighted by Gasteiger charge is -2.22. The van der Waals surface area contributed by atoms with Crippen LogP contribution in [0.2, 0.25) is 0 Å². The first-order chi connectivity index (χ1) is 16.2. The van der Waals surface area contributed by atoms with Crippen molar-refractivity contribution in [1.82, 2.24) is 9.97 Å². The standard InChI is InChI=1S/C22H17F4N5O2S/c1-2-33-31(21(32)30-17-9-13(22(24,25)26)5-8-16(17)23)14-6-3-12(4-7-14)15-10-34-20-18(15)19(27)28-11-29-20/h3-11H,2H2,1H3,(H,30,32)(H2,27,28,29). The third kappa shape index (κ3) is 4.63. The van der Waals surface area contributed by atoms with Gasteiger partial charge in [0.05, 0.1) is 28.9 Å². The van der Waals surface area contributed by atoms with Crippen molar-refractivity contribution < 1.29 is 27.2 Å². The molecule has 0 atom stereocenters. The summed E-state index contributed by atoms with van der Waals surface area (Å²) in [5.41, 5.74) is 6.13. The van der Waals surface area contributed by atoms with Crippen molar-refractivity contribution in [3.63, 3.8) is 0 Å². The number of carbonyl (C=O) groups excluding carboxylic acids is 1. The summed E-state index contributed by atoms with van der Waals surface area (Å²) in [6, 6.07) is 7.38. The van der Waals surface area contributed by atoms with Crippen LogP contribution in [0.1, 0.15) is 12.5 Å². The molecule has 12 heteroatoms. The zero-order valence-corrected chi connectivity index (χ0v) is 18.4. The van der Waals surface area contributed by atoms with Crippen LogP contribution in [0.4, 0.5) is 39.5 Å². The summed E-state index contributed by atoms with van der Waals surface area (Å²) in [4.78, 5) is 27.1. The van der Waals surface area contributed by atoms with Crippen molar-refractivity contribution in [1.29, 1.82) is 0 Å². The summed E-state index contributed by atoms with van der Waals surface area (Å²) < 4.78 is 53.0. The Morgan fingerprint density at radius 3 is 2.59 bits per heavy atom. The highest BCUT2D eigenvalue weighted by Crippen LogP contribution is 2.36. The highest BCUT2D eigenvalue weighted by Gasteiger charge is 2.31. The topological polar surface area (TPSA) is 93.4 Å². The number of thiophene rings is 1. The van der Waals surface area contributed by atoms with Crippen LogP contribution in [-0.4, -0.2) is 22.6 Å². The zero-order valence-electron chi connectivity index (χ0n) is 17.6. The van der Waals surface area contributed by atoms with Crippen LogP contribution in [0.15, 0.2) is 54.2 Å². The van der Waals surface area contributed by atoms with Crippen LogP contribution in [-0.2, 0) is 11.0 Å². The van der Waals surface area contributed by atoms with E-state index in [1.807, 2.05) is 5.38 Å². The summed E-state index contributed by atoms with van der Waals surface area (Å²) >= 11 is 1.41. The fourth-order valence-corrected chi connectivity index (χ4v) is 4.15. The smallest absolute Gasteiger partial charge is 0.383 e. The molecule has 4 aromatic rings. The van der Waals surface area contributed by atoms with Gasteiger partial charge in [0, 0.05) is 10.9 Å². The average Bonchev–Trinajstić information content (AvgIpc) is 3.24. The molecule has 0 saturated heterocycles. The molecule has 0 radical (unpaired) electrons. The van der Waals surface area contributed by atoms with Gasteiger partial charge < -0.3 is 11.1 Å². The number of carbonyl (C=O) groups is 1. The molecule has 0 spiro atoms. The molecular weight excluding hydrogens is 474 g/mol. The van der Waals surface area contributed by atoms with E-state index in [1.54, 1.807) is 31.2 Å². The number of nitrogens with zero attached hydrogens (tertiary/aromatic N) is 3. The van der Waals surface area contributed by atoms with Gasteiger partial charge in [-0.2, -0.15) is 18.2 Å². The molecule has 34 heavy (non-hydrogen) atoms. The maximum Gasteiger partial charge on any atom is 0.416 e. The van der Waals surface area contributed by atoms with Gasteiger partial charge in [0.1, 0.15) is 22.8 Å². The molecule has 3 N–H and O–H groups in total. The van der Waals surface area contributed by atoms with Crippen LogP contribution in [0, 0.1) is 5.82 Å². The number of nitrogens with one attached hydrogen (secondary N) is 1. The number of hydroxylamine groups is 1.